The van der Waals surface area contributed by atoms with Gasteiger partial charge in [0, 0.05) is 30.0 Å². The van der Waals surface area contributed by atoms with E-state index in [2.05, 4.69) is 29.5 Å². The van der Waals surface area contributed by atoms with E-state index in [4.69, 9.17) is 0 Å². The SMILES string of the molecule is CCc1cc(CC(O)C2CCCc3sccc32)n(C)n1. The summed E-state index contributed by atoms with van der Waals surface area (Å²) >= 11 is 1.84. The van der Waals surface area contributed by atoms with Crippen LogP contribution in [0.3, 0.4) is 0 Å². The van der Waals surface area contributed by atoms with E-state index in [0.717, 1.165) is 24.2 Å². The van der Waals surface area contributed by atoms with Gasteiger partial charge < -0.3 is 5.11 Å². The van der Waals surface area contributed by atoms with Crippen molar-refractivity contribution in [2.75, 3.05) is 0 Å². The standard InChI is InChI=1S/C16H22N2OS/c1-3-11-9-12(18(2)17-11)10-15(19)13-5-4-6-16-14(13)7-8-20-16/h7-9,13,15,19H,3-6,10H2,1-2H3. The van der Waals surface area contributed by atoms with Crippen molar-refractivity contribution in [1.29, 1.82) is 0 Å². The van der Waals surface area contributed by atoms with Gasteiger partial charge in [0.05, 0.1) is 11.8 Å². The molecule has 0 amide bonds. The lowest BCUT2D eigenvalue weighted by Crippen LogP contribution is -2.25. The Labute approximate surface area is 124 Å². The number of aryl methyl sites for hydroxylation is 3. The minimum Gasteiger partial charge on any atom is -0.392 e. The van der Waals surface area contributed by atoms with Gasteiger partial charge in [-0.1, -0.05) is 6.92 Å². The van der Waals surface area contributed by atoms with E-state index in [9.17, 15) is 5.11 Å². The molecule has 0 saturated heterocycles. The third kappa shape index (κ3) is 2.54. The minimum absolute atomic E-state index is 0.296. The first kappa shape index (κ1) is 13.8. The molecule has 2 aromatic rings. The second kappa shape index (κ2) is 5.70. The van der Waals surface area contributed by atoms with Gasteiger partial charge in [-0.2, -0.15) is 5.10 Å². The molecule has 0 radical (unpaired) electrons. The van der Waals surface area contributed by atoms with Crippen LogP contribution >= 0.6 is 11.3 Å². The van der Waals surface area contributed by atoms with Crippen molar-refractivity contribution in [2.45, 2.75) is 51.0 Å². The quantitative estimate of drug-likeness (QED) is 0.939. The number of aliphatic hydroxyl groups is 1. The summed E-state index contributed by atoms with van der Waals surface area (Å²) in [5, 5.41) is 17.3. The molecule has 108 valence electrons. The molecular weight excluding hydrogens is 268 g/mol. The average molecular weight is 290 g/mol. The molecule has 20 heavy (non-hydrogen) atoms. The third-order valence-electron chi connectivity index (χ3n) is 4.37. The normalized spacial score (nSPS) is 19.9. The monoisotopic (exact) mass is 290 g/mol. The highest BCUT2D eigenvalue weighted by molar-refractivity contribution is 7.10. The van der Waals surface area contributed by atoms with Crippen molar-refractivity contribution in [3.8, 4) is 0 Å². The van der Waals surface area contributed by atoms with E-state index in [-0.39, 0.29) is 6.10 Å². The first-order chi connectivity index (χ1) is 9.69. The molecule has 2 aromatic heterocycles. The Bertz CT molecular complexity index is 587. The van der Waals surface area contributed by atoms with Crippen LogP contribution in [0.2, 0.25) is 0 Å². The van der Waals surface area contributed by atoms with E-state index < -0.39 is 0 Å². The average Bonchev–Trinajstić information content (AvgIpc) is 3.05. The van der Waals surface area contributed by atoms with E-state index in [1.807, 2.05) is 23.1 Å². The zero-order valence-corrected chi connectivity index (χ0v) is 13.0. The molecule has 0 fully saturated rings. The molecule has 1 aliphatic carbocycles. The van der Waals surface area contributed by atoms with E-state index in [1.165, 1.54) is 23.3 Å². The van der Waals surface area contributed by atoms with Crippen LogP contribution in [0.1, 0.15) is 47.5 Å². The van der Waals surface area contributed by atoms with Gasteiger partial charge in [-0.25, -0.2) is 0 Å². The Morgan fingerprint density at radius 2 is 2.40 bits per heavy atom. The predicted octanol–water partition coefficient (Wildman–Crippen LogP) is 3.07. The summed E-state index contributed by atoms with van der Waals surface area (Å²) in [6.45, 7) is 2.11. The maximum atomic E-state index is 10.7. The first-order valence-electron chi connectivity index (χ1n) is 7.45. The highest BCUT2D eigenvalue weighted by atomic mass is 32.1. The molecule has 2 unspecified atom stereocenters. The van der Waals surface area contributed by atoms with Crippen molar-refractivity contribution in [3.63, 3.8) is 0 Å². The number of aromatic nitrogens is 2. The molecule has 4 heteroatoms. The number of fused-ring (bicyclic) bond motifs is 1. The molecule has 2 atom stereocenters. The van der Waals surface area contributed by atoms with Crippen LogP contribution in [0.5, 0.6) is 0 Å². The summed E-state index contributed by atoms with van der Waals surface area (Å²) in [4.78, 5) is 1.47. The lowest BCUT2D eigenvalue weighted by atomic mass is 9.82. The topological polar surface area (TPSA) is 38.0 Å². The predicted molar refractivity (Wildman–Crippen MR) is 82.3 cm³/mol. The van der Waals surface area contributed by atoms with E-state index in [0.29, 0.717) is 12.3 Å². The van der Waals surface area contributed by atoms with Gasteiger partial charge in [-0.15, -0.1) is 11.3 Å². The summed E-state index contributed by atoms with van der Waals surface area (Å²) < 4.78 is 1.92. The molecule has 0 spiro atoms. The largest absolute Gasteiger partial charge is 0.392 e. The fraction of sp³-hybridized carbons (Fsp3) is 0.562. The number of aliphatic hydroxyl groups excluding tert-OH is 1. The van der Waals surface area contributed by atoms with Gasteiger partial charge in [-0.3, -0.25) is 4.68 Å². The number of nitrogens with zero attached hydrogens (tertiary/aromatic N) is 2. The second-order valence-electron chi connectivity index (χ2n) is 5.67. The minimum atomic E-state index is -0.302. The van der Waals surface area contributed by atoms with E-state index in [1.54, 1.807) is 0 Å². The smallest absolute Gasteiger partial charge is 0.0664 e. The summed E-state index contributed by atoms with van der Waals surface area (Å²) in [5.74, 6) is 0.296. The molecular formula is C16H22N2OS. The van der Waals surface area contributed by atoms with Crippen molar-refractivity contribution >= 4 is 11.3 Å². The second-order valence-corrected chi connectivity index (χ2v) is 6.67. The summed E-state index contributed by atoms with van der Waals surface area (Å²) in [5.41, 5.74) is 3.62. The summed E-state index contributed by atoms with van der Waals surface area (Å²) in [7, 11) is 1.97. The lowest BCUT2D eigenvalue weighted by Gasteiger charge is -2.27. The molecule has 1 aliphatic rings. The van der Waals surface area contributed by atoms with Crippen LogP contribution in [-0.2, 0) is 26.3 Å². The molecule has 0 aliphatic heterocycles. The van der Waals surface area contributed by atoms with Gasteiger partial charge in [0.25, 0.3) is 0 Å². The van der Waals surface area contributed by atoms with Gasteiger partial charge >= 0.3 is 0 Å². The van der Waals surface area contributed by atoms with Crippen molar-refractivity contribution in [2.24, 2.45) is 7.05 Å². The van der Waals surface area contributed by atoms with Crippen LogP contribution < -0.4 is 0 Å². The highest BCUT2D eigenvalue weighted by Crippen LogP contribution is 2.37. The Hall–Kier alpha value is -1.13. The van der Waals surface area contributed by atoms with Crippen molar-refractivity contribution in [1.82, 2.24) is 9.78 Å². The zero-order valence-electron chi connectivity index (χ0n) is 12.2. The number of hydrogen-bond acceptors (Lipinski definition) is 3. The van der Waals surface area contributed by atoms with Crippen LogP contribution in [-0.4, -0.2) is 21.0 Å². The first-order valence-corrected chi connectivity index (χ1v) is 8.33. The molecule has 0 saturated carbocycles. The van der Waals surface area contributed by atoms with Crippen molar-refractivity contribution < 1.29 is 5.11 Å². The Kier molecular flexibility index (Phi) is 3.94. The van der Waals surface area contributed by atoms with Crippen molar-refractivity contribution in [3.05, 3.63) is 39.3 Å². The van der Waals surface area contributed by atoms with Crippen LogP contribution in [0.25, 0.3) is 0 Å². The summed E-state index contributed by atoms with van der Waals surface area (Å²) in [6, 6.07) is 4.33. The van der Waals surface area contributed by atoms with Crippen LogP contribution in [0.4, 0.5) is 0 Å². The molecule has 1 N–H and O–H groups in total. The Morgan fingerprint density at radius 1 is 1.55 bits per heavy atom. The molecule has 0 aromatic carbocycles. The number of thiophene rings is 1. The highest BCUT2D eigenvalue weighted by Gasteiger charge is 2.28. The van der Waals surface area contributed by atoms with Gasteiger partial charge in [0.15, 0.2) is 0 Å². The van der Waals surface area contributed by atoms with E-state index >= 15 is 0 Å². The maximum Gasteiger partial charge on any atom is 0.0664 e. The number of rotatable bonds is 4. The fourth-order valence-corrected chi connectivity index (χ4v) is 4.21. The van der Waals surface area contributed by atoms with Gasteiger partial charge in [0.2, 0.25) is 0 Å². The Balaban J connectivity index is 1.77. The lowest BCUT2D eigenvalue weighted by molar-refractivity contribution is 0.133. The molecule has 3 rings (SSSR count). The van der Waals surface area contributed by atoms with Gasteiger partial charge in [0.1, 0.15) is 0 Å². The maximum absolute atomic E-state index is 10.7. The summed E-state index contributed by atoms with van der Waals surface area (Å²) in [6.07, 6.45) is 4.82. The number of hydrogen-bond donors (Lipinski definition) is 1. The van der Waals surface area contributed by atoms with Gasteiger partial charge in [-0.05, 0) is 48.8 Å². The third-order valence-corrected chi connectivity index (χ3v) is 5.37. The van der Waals surface area contributed by atoms with Crippen LogP contribution in [0.15, 0.2) is 17.5 Å². The Morgan fingerprint density at radius 3 is 3.15 bits per heavy atom. The molecule has 3 nitrogen and oxygen atoms in total. The molecule has 2 heterocycles. The zero-order chi connectivity index (χ0) is 14.1. The fourth-order valence-electron chi connectivity index (χ4n) is 3.21. The van der Waals surface area contributed by atoms with Crippen LogP contribution in [0, 0.1) is 0 Å². The molecule has 0 bridgehead atoms.